The molecule has 0 aromatic heterocycles. The highest BCUT2D eigenvalue weighted by atomic mass is 79.9. The Morgan fingerprint density at radius 1 is 1.16 bits per heavy atom. The Morgan fingerprint density at radius 2 is 1.74 bits per heavy atom. The summed E-state index contributed by atoms with van der Waals surface area (Å²) in [7, 11) is 0. The molecule has 2 N–H and O–H groups in total. The molecule has 0 unspecified atom stereocenters. The van der Waals surface area contributed by atoms with Gasteiger partial charge in [0.25, 0.3) is 0 Å². The molecule has 0 heterocycles. The number of hydrogen-bond donors (Lipinski definition) is 2. The van der Waals surface area contributed by atoms with Crippen molar-refractivity contribution in [1.29, 1.82) is 0 Å². The van der Waals surface area contributed by atoms with Crippen LogP contribution in [-0.4, -0.2) is 18.5 Å². The third-order valence-electron chi connectivity index (χ3n) is 3.18. The summed E-state index contributed by atoms with van der Waals surface area (Å²) in [5, 5.41) is 6.21. The second kappa shape index (κ2) is 7.20. The molecule has 1 saturated carbocycles. The first-order chi connectivity index (χ1) is 9.06. The molecule has 1 amide bonds. The minimum atomic E-state index is -0.0179. The van der Waals surface area contributed by atoms with Crippen molar-refractivity contribution in [1.82, 2.24) is 5.32 Å². The fraction of sp³-hybridized carbons (Fsp3) is 0.462. The third kappa shape index (κ3) is 4.55. The zero-order chi connectivity index (χ0) is 13.8. The zero-order valence-corrected chi connectivity index (χ0v) is 15.1. The van der Waals surface area contributed by atoms with Gasteiger partial charge in [-0.15, -0.1) is 0 Å². The Morgan fingerprint density at radius 3 is 2.32 bits per heavy atom. The molecular weight excluding hydrogens is 440 g/mol. The lowest BCUT2D eigenvalue weighted by Crippen LogP contribution is -2.34. The maximum atomic E-state index is 11.9. The molecule has 1 aromatic carbocycles. The topological polar surface area (TPSA) is 41.1 Å². The van der Waals surface area contributed by atoms with E-state index in [-0.39, 0.29) is 5.91 Å². The van der Waals surface area contributed by atoms with Crippen molar-refractivity contribution in [2.45, 2.75) is 31.7 Å². The Balaban J connectivity index is 1.91. The predicted molar refractivity (Wildman–Crippen MR) is 88.4 cm³/mol. The molecule has 1 aliphatic carbocycles. The lowest BCUT2D eigenvalue weighted by molar-refractivity contribution is -0.115. The average Bonchev–Trinajstić information content (AvgIpc) is 2.84. The highest BCUT2D eigenvalue weighted by Gasteiger charge is 2.16. The first-order valence-electron chi connectivity index (χ1n) is 6.24. The van der Waals surface area contributed by atoms with Crippen LogP contribution in [0.3, 0.4) is 0 Å². The van der Waals surface area contributed by atoms with E-state index in [1.807, 2.05) is 12.1 Å². The van der Waals surface area contributed by atoms with E-state index in [0.29, 0.717) is 12.6 Å². The van der Waals surface area contributed by atoms with Gasteiger partial charge >= 0.3 is 0 Å². The molecule has 104 valence electrons. The van der Waals surface area contributed by atoms with Crippen LogP contribution in [-0.2, 0) is 4.79 Å². The van der Waals surface area contributed by atoms with E-state index in [1.165, 1.54) is 25.7 Å². The molecule has 0 atom stereocenters. The van der Waals surface area contributed by atoms with Gasteiger partial charge in [-0.25, -0.2) is 0 Å². The van der Waals surface area contributed by atoms with Gasteiger partial charge < -0.3 is 10.6 Å². The van der Waals surface area contributed by atoms with E-state index in [2.05, 4.69) is 58.4 Å². The van der Waals surface area contributed by atoms with E-state index in [0.717, 1.165) is 19.1 Å². The first-order valence-corrected chi connectivity index (χ1v) is 8.62. The first kappa shape index (κ1) is 15.5. The van der Waals surface area contributed by atoms with Crippen molar-refractivity contribution in [2.24, 2.45) is 0 Å². The number of carbonyl (C=O) groups excluding carboxylic acids is 1. The molecule has 2 rings (SSSR count). The second-order valence-electron chi connectivity index (χ2n) is 4.65. The minimum Gasteiger partial charge on any atom is -0.323 e. The number of benzene rings is 1. The number of carbonyl (C=O) groups is 1. The highest BCUT2D eigenvalue weighted by molar-refractivity contribution is 9.11. The lowest BCUT2D eigenvalue weighted by Gasteiger charge is -2.13. The largest absolute Gasteiger partial charge is 0.323 e. The third-order valence-corrected chi connectivity index (χ3v) is 4.89. The summed E-state index contributed by atoms with van der Waals surface area (Å²) in [5.74, 6) is -0.0179. The summed E-state index contributed by atoms with van der Waals surface area (Å²) >= 11 is 10.3. The Labute approximate surface area is 138 Å². The van der Waals surface area contributed by atoms with Gasteiger partial charge in [0.1, 0.15) is 0 Å². The molecule has 0 radical (unpaired) electrons. The molecule has 1 aromatic rings. The molecule has 6 heteroatoms. The Kier molecular flexibility index (Phi) is 5.87. The van der Waals surface area contributed by atoms with E-state index < -0.39 is 0 Å². The molecule has 0 bridgehead atoms. The summed E-state index contributed by atoms with van der Waals surface area (Å²) in [6.07, 6.45) is 4.89. The smallest absolute Gasteiger partial charge is 0.238 e. The van der Waals surface area contributed by atoms with Crippen LogP contribution in [0.4, 0.5) is 5.69 Å². The molecule has 1 aliphatic rings. The fourth-order valence-corrected chi connectivity index (χ4v) is 4.67. The summed E-state index contributed by atoms with van der Waals surface area (Å²) in [4.78, 5) is 11.9. The van der Waals surface area contributed by atoms with Gasteiger partial charge in [0.2, 0.25) is 5.91 Å². The van der Waals surface area contributed by atoms with Gasteiger partial charge in [-0.3, -0.25) is 4.79 Å². The van der Waals surface area contributed by atoms with Crippen LogP contribution in [0.1, 0.15) is 25.7 Å². The minimum absolute atomic E-state index is 0.0179. The van der Waals surface area contributed by atoms with E-state index in [1.54, 1.807) is 0 Å². The number of hydrogen-bond acceptors (Lipinski definition) is 2. The van der Waals surface area contributed by atoms with Crippen molar-refractivity contribution >= 4 is 59.4 Å². The van der Waals surface area contributed by atoms with E-state index in [9.17, 15) is 4.79 Å². The van der Waals surface area contributed by atoms with Crippen molar-refractivity contribution in [3.8, 4) is 0 Å². The molecular formula is C13H15Br3N2O. The van der Waals surface area contributed by atoms with Crippen molar-refractivity contribution in [3.63, 3.8) is 0 Å². The summed E-state index contributed by atoms with van der Waals surface area (Å²) < 4.78 is 2.65. The number of anilines is 1. The van der Waals surface area contributed by atoms with Gasteiger partial charge in [-0.05, 0) is 56.8 Å². The maximum absolute atomic E-state index is 11.9. The molecule has 1 fully saturated rings. The number of halogens is 3. The number of rotatable bonds is 4. The highest BCUT2D eigenvalue weighted by Crippen LogP contribution is 2.34. The van der Waals surface area contributed by atoms with E-state index in [4.69, 9.17) is 0 Å². The fourth-order valence-electron chi connectivity index (χ4n) is 2.21. The van der Waals surface area contributed by atoms with Crippen LogP contribution < -0.4 is 10.6 Å². The standard InChI is InChI=1S/C13H15Br3N2O/c14-8-5-10(15)13(11(16)6-8)18-12(19)7-17-9-3-1-2-4-9/h5-6,9,17H,1-4,7H2,(H,18,19). The second-order valence-corrected chi connectivity index (χ2v) is 7.28. The van der Waals surface area contributed by atoms with Gasteiger partial charge in [0.05, 0.1) is 12.2 Å². The monoisotopic (exact) mass is 452 g/mol. The van der Waals surface area contributed by atoms with Crippen LogP contribution in [0.25, 0.3) is 0 Å². The number of nitrogens with one attached hydrogen (secondary N) is 2. The Bertz CT molecular complexity index is 450. The normalized spacial score (nSPS) is 15.7. The van der Waals surface area contributed by atoms with Crippen LogP contribution in [0.2, 0.25) is 0 Å². The molecule has 0 spiro atoms. The van der Waals surface area contributed by atoms with Gasteiger partial charge in [-0.2, -0.15) is 0 Å². The Hall–Kier alpha value is 0.0900. The summed E-state index contributed by atoms with van der Waals surface area (Å²) in [5.41, 5.74) is 0.765. The van der Waals surface area contributed by atoms with Crippen LogP contribution in [0.15, 0.2) is 25.6 Å². The van der Waals surface area contributed by atoms with Crippen LogP contribution in [0.5, 0.6) is 0 Å². The van der Waals surface area contributed by atoms with Gasteiger partial charge in [-0.1, -0.05) is 28.8 Å². The quantitative estimate of drug-likeness (QED) is 0.706. The van der Waals surface area contributed by atoms with Crippen LogP contribution in [0, 0.1) is 0 Å². The molecule has 0 saturated heterocycles. The van der Waals surface area contributed by atoms with E-state index >= 15 is 0 Å². The van der Waals surface area contributed by atoms with Crippen molar-refractivity contribution < 1.29 is 4.79 Å². The predicted octanol–water partition coefficient (Wildman–Crippen LogP) is 4.44. The summed E-state index contributed by atoms with van der Waals surface area (Å²) in [6.45, 7) is 0.361. The zero-order valence-electron chi connectivity index (χ0n) is 10.3. The average molecular weight is 455 g/mol. The maximum Gasteiger partial charge on any atom is 0.238 e. The molecule has 19 heavy (non-hydrogen) atoms. The lowest BCUT2D eigenvalue weighted by atomic mass is 10.2. The van der Waals surface area contributed by atoms with Crippen molar-refractivity contribution in [3.05, 3.63) is 25.6 Å². The van der Waals surface area contributed by atoms with Crippen molar-refractivity contribution in [2.75, 3.05) is 11.9 Å². The molecule has 0 aliphatic heterocycles. The molecule has 3 nitrogen and oxygen atoms in total. The SMILES string of the molecule is O=C(CNC1CCCC1)Nc1c(Br)cc(Br)cc1Br. The van der Waals surface area contributed by atoms with Crippen LogP contribution >= 0.6 is 47.8 Å². The summed E-state index contributed by atoms with van der Waals surface area (Å²) in [6, 6.07) is 4.32. The van der Waals surface area contributed by atoms with Gasteiger partial charge in [0, 0.05) is 19.5 Å². The number of amides is 1. The van der Waals surface area contributed by atoms with Gasteiger partial charge in [0.15, 0.2) is 0 Å².